The van der Waals surface area contributed by atoms with E-state index in [9.17, 15) is 0 Å². The Kier molecular flexibility index (Phi) is 6.18. The van der Waals surface area contributed by atoms with Crippen molar-refractivity contribution >= 4 is 5.69 Å². The molecule has 1 aliphatic rings. The van der Waals surface area contributed by atoms with Crippen LogP contribution in [0.1, 0.15) is 37.7 Å². The van der Waals surface area contributed by atoms with E-state index in [-0.39, 0.29) is 0 Å². The van der Waals surface area contributed by atoms with Crippen LogP contribution >= 0.6 is 0 Å². The second-order valence-corrected chi connectivity index (χ2v) is 5.63. The van der Waals surface area contributed by atoms with Gasteiger partial charge in [-0.2, -0.15) is 0 Å². The minimum Gasteiger partial charge on any atom is -0.496 e. The molecular weight excluding hydrogens is 264 g/mol. The number of unbranched alkanes of at least 4 members (excludes halogenated alkanes) is 1. The fraction of sp³-hybridized carbons (Fsp3) is 0.647. The zero-order valence-corrected chi connectivity index (χ0v) is 13.4. The van der Waals surface area contributed by atoms with Crippen molar-refractivity contribution in [2.45, 2.75) is 38.5 Å². The lowest BCUT2D eigenvalue weighted by Crippen LogP contribution is -2.29. The summed E-state index contributed by atoms with van der Waals surface area (Å²) in [6, 6.07) is 4.28. The summed E-state index contributed by atoms with van der Waals surface area (Å²) in [6.45, 7) is 2.95. The maximum Gasteiger partial charge on any atom is 0.142 e. The summed E-state index contributed by atoms with van der Waals surface area (Å²) in [5.74, 6) is 1.92. The maximum absolute atomic E-state index is 5.62. The van der Waals surface area contributed by atoms with E-state index in [1.165, 1.54) is 24.8 Å². The van der Waals surface area contributed by atoms with Crippen LogP contribution in [-0.2, 0) is 6.42 Å². The average molecular weight is 292 g/mol. The van der Waals surface area contributed by atoms with Crippen LogP contribution in [0, 0.1) is 0 Å². The van der Waals surface area contributed by atoms with Gasteiger partial charge in [0, 0.05) is 19.2 Å². The number of hydrogen-bond acceptors (Lipinski definition) is 4. The number of hydrogen-bond donors (Lipinski definition) is 1. The number of ether oxygens (including phenoxy) is 2. The Bertz CT molecular complexity index is 443. The average Bonchev–Trinajstić information content (AvgIpc) is 2.55. The highest BCUT2D eigenvalue weighted by atomic mass is 16.5. The second-order valence-electron chi connectivity index (χ2n) is 5.63. The molecule has 2 N–H and O–H groups in total. The van der Waals surface area contributed by atoms with Crippen molar-refractivity contribution in [2.75, 3.05) is 38.8 Å². The first-order chi connectivity index (χ1) is 10.3. The van der Waals surface area contributed by atoms with Gasteiger partial charge < -0.3 is 20.1 Å². The number of aryl methyl sites for hydroxylation is 1. The molecular formula is C17H28N2O2. The zero-order chi connectivity index (χ0) is 15.1. The zero-order valence-electron chi connectivity index (χ0n) is 13.4. The third-order valence-corrected chi connectivity index (χ3v) is 4.18. The quantitative estimate of drug-likeness (QED) is 0.785. The van der Waals surface area contributed by atoms with Crippen LogP contribution in [0.5, 0.6) is 11.5 Å². The molecule has 21 heavy (non-hydrogen) atoms. The molecule has 1 heterocycles. The Hall–Kier alpha value is -1.42. The smallest absolute Gasteiger partial charge is 0.142 e. The van der Waals surface area contributed by atoms with Gasteiger partial charge in [-0.05, 0) is 56.7 Å². The first kappa shape index (κ1) is 16.0. The van der Waals surface area contributed by atoms with Gasteiger partial charge in [0.05, 0.1) is 19.9 Å². The molecule has 1 aromatic carbocycles. The molecule has 0 radical (unpaired) electrons. The molecule has 2 rings (SSSR count). The topological polar surface area (TPSA) is 47.7 Å². The van der Waals surface area contributed by atoms with E-state index in [2.05, 4.69) is 17.0 Å². The molecule has 1 aliphatic heterocycles. The minimum absolute atomic E-state index is 0.741. The number of anilines is 1. The lowest BCUT2D eigenvalue weighted by molar-refractivity contribution is 0.396. The van der Waals surface area contributed by atoms with Crippen molar-refractivity contribution in [3.63, 3.8) is 0 Å². The van der Waals surface area contributed by atoms with E-state index in [1.807, 2.05) is 0 Å². The third-order valence-electron chi connectivity index (χ3n) is 4.18. The summed E-state index contributed by atoms with van der Waals surface area (Å²) < 4.78 is 11.2. The van der Waals surface area contributed by atoms with Crippen molar-refractivity contribution in [3.8, 4) is 11.5 Å². The molecule has 4 heteroatoms. The molecule has 0 bridgehead atoms. The molecule has 1 fully saturated rings. The number of nitrogens with two attached hydrogens (primary N) is 1. The van der Waals surface area contributed by atoms with Crippen molar-refractivity contribution in [1.29, 1.82) is 0 Å². The molecule has 0 unspecified atom stereocenters. The summed E-state index contributed by atoms with van der Waals surface area (Å²) in [5.41, 5.74) is 7.95. The number of benzene rings is 1. The summed E-state index contributed by atoms with van der Waals surface area (Å²) in [6.07, 6.45) is 6.94. The van der Waals surface area contributed by atoms with Crippen LogP contribution in [0.4, 0.5) is 5.69 Å². The third kappa shape index (κ3) is 4.03. The summed E-state index contributed by atoms with van der Waals surface area (Å²) >= 11 is 0. The van der Waals surface area contributed by atoms with Crippen molar-refractivity contribution < 1.29 is 9.47 Å². The van der Waals surface area contributed by atoms with Crippen molar-refractivity contribution in [3.05, 3.63) is 17.7 Å². The monoisotopic (exact) mass is 292 g/mol. The minimum atomic E-state index is 0.741. The Morgan fingerprint density at radius 2 is 1.71 bits per heavy atom. The maximum atomic E-state index is 5.62. The van der Waals surface area contributed by atoms with Crippen molar-refractivity contribution in [1.82, 2.24) is 0 Å². The number of nitrogens with zero attached hydrogens (tertiary/aromatic N) is 1. The van der Waals surface area contributed by atoms with E-state index >= 15 is 0 Å². The van der Waals surface area contributed by atoms with Gasteiger partial charge in [-0.3, -0.25) is 0 Å². The van der Waals surface area contributed by atoms with Gasteiger partial charge in [-0.15, -0.1) is 0 Å². The molecule has 0 aromatic heterocycles. The van der Waals surface area contributed by atoms with Gasteiger partial charge in [-0.1, -0.05) is 0 Å². The molecule has 1 saturated heterocycles. The largest absolute Gasteiger partial charge is 0.496 e. The highest BCUT2D eigenvalue weighted by Crippen LogP contribution is 2.37. The molecule has 0 atom stereocenters. The van der Waals surface area contributed by atoms with Crippen LogP contribution in [-0.4, -0.2) is 33.9 Å². The Morgan fingerprint density at radius 1 is 1.00 bits per heavy atom. The summed E-state index contributed by atoms with van der Waals surface area (Å²) in [7, 11) is 3.49. The number of piperidine rings is 1. The molecule has 0 saturated carbocycles. The van der Waals surface area contributed by atoms with Crippen LogP contribution in [0.25, 0.3) is 0 Å². The molecule has 0 amide bonds. The summed E-state index contributed by atoms with van der Waals surface area (Å²) in [5, 5.41) is 0. The fourth-order valence-corrected chi connectivity index (χ4v) is 2.98. The molecule has 0 aliphatic carbocycles. The predicted octanol–water partition coefficient (Wildman–Crippen LogP) is 2.98. The Balaban J connectivity index is 2.24. The predicted molar refractivity (Wildman–Crippen MR) is 87.6 cm³/mol. The van der Waals surface area contributed by atoms with Gasteiger partial charge in [0.25, 0.3) is 0 Å². The number of methoxy groups -OCH3 is 2. The Morgan fingerprint density at radius 3 is 2.33 bits per heavy atom. The van der Waals surface area contributed by atoms with Gasteiger partial charge in [0.15, 0.2) is 0 Å². The van der Waals surface area contributed by atoms with Gasteiger partial charge in [-0.25, -0.2) is 0 Å². The molecule has 1 aromatic rings. The van der Waals surface area contributed by atoms with Crippen LogP contribution in [0.15, 0.2) is 12.1 Å². The van der Waals surface area contributed by atoms with Crippen molar-refractivity contribution in [2.24, 2.45) is 5.73 Å². The highest BCUT2D eigenvalue weighted by Gasteiger charge is 2.18. The molecule has 118 valence electrons. The van der Waals surface area contributed by atoms with Gasteiger partial charge in [0.1, 0.15) is 11.5 Å². The lowest BCUT2D eigenvalue weighted by Gasteiger charge is -2.30. The van der Waals surface area contributed by atoms with Gasteiger partial charge in [0.2, 0.25) is 0 Å². The number of rotatable bonds is 7. The first-order valence-corrected chi connectivity index (χ1v) is 8.00. The Labute approximate surface area is 128 Å². The normalized spacial score (nSPS) is 15.1. The van der Waals surface area contributed by atoms with Crippen LogP contribution in [0.2, 0.25) is 0 Å². The molecule has 0 spiro atoms. The lowest BCUT2D eigenvalue weighted by atomic mass is 10.0. The van der Waals surface area contributed by atoms with E-state index in [0.717, 1.165) is 56.1 Å². The fourth-order valence-electron chi connectivity index (χ4n) is 2.98. The van der Waals surface area contributed by atoms with E-state index in [0.29, 0.717) is 0 Å². The first-order valence-electron chi connectivity index (χ1n) is 8.00. The summed E-state index contributed by atoms with van der Waals surface area (Å²) in [4.78, 5) is 2.41. The van der Waals surface area contributed by atoms with E-state index < -0.39 is 0 Å². The SMILES string of the molecule is COc1cc(N2CCCCC2)c(OC)cc1CCCCN. The van der Waals surface area contributed by atoms with E-state index in [4.69, 9.17) is 15.2 Å². The second kappa shape index (κ2) is 8.13. The van der Waals surface area contributed by atoms with Gasteiger partial charge >= 0.3 is 0 Å². The molecule has 4 nitrogen and oxygen atoms in total. The van der Waals surface area contributed by atoms with E-state index in [1.54, 1.807) is 14.2 Å². The highest BCUT2D eigenvalue weighted by molar-refractivity contribution is 5.64. The van der Waals surface area contributed by atoms with Crippen LogP contribution in [0.3, 0.4) is 0 Å². The van der Waals surface area contributed by atoms with Crippen LogP contribution < -0.4 is 20.1 Å². The standard InChI is InChI=1S/C17H28N2O2/c1-20-16-13-15(19-10-6-3-7-11-19)17(21-2)12-14(16)8-4-5-9-18/h12-13H,3-11,18H2,1-2H3.